The average molecular weight is 263 g/mol. The first-order chi connectivity index (χ1) is 8.93. The Labute approximate surface area is 112 Å². The van der Waals surface area contributed by atoms with Crippen molar-refractivity contribution in [1.29, 1.82) is 0 Å². The fourth-order valence-electron chi connectivity index (χ4n) is 1.61. The summed E-state index contributed by atoms with van der Waals surface area (Å²) >= 11 is 0. The molecule has 0 bridgehead atoms. The standard InChI is InChI=1S/C15H18FNO2/c1-15(2,8-10-18)11-14(19)7-9-17-13-5-3-12(16)4-6-13/h3-7,9-10,17H,8,11H2,1-2H3/b9-7+. The molecule has 0 spiro atoms. The zero-order valence-corrected chi connectivity index (χ0v) is 11.2. The van der Waals surface area contributed by atoms with Crippen LogP contribution in [0.1, 0.15) is 26.7 Å². The van der Waals surface area contributed by atoms with Gasteiger partial charge in [-0.15, -0.1) is 0 Å². The van der Waals surface area contributed by atoms with Crippen LogP contribution in [0.3, 0.4) is 0 Å². The van der Waals surface area contributed by atoms with E-state index in [4.69, 9.17) is 0 Å². The summed E-state index contributed by atoms with van der Waals surface area (Å²) in [5.41, 5.74) is 0.386. The monoisotopic (exact) mass is 263 g/mol. The molecule has 4 heteroatoms. The van der Waals surface area contributed by atoms with Crippen LogP contribution < -0.4 is 5.32 Å². The second kappa shape index (κ2) is 6.83. The first-order valence-electron chi connectivity index (χ1n) is 6.08. The molecule has 0 atom stereocenters. The molecule has 0 saturated heterocycles. The molecule has 0 aliphatic rings. The highest BCUT2D eigenvalue weighted by Gasteiger charge is 2.19. The summed E-state index contributed by atoms with van der Waals surface area (Å²) in [7, 11) is 0. The van der Waals surface area contributed by atoms with Crippen LogP contribution >= 0.6 is 0 Å². The van der Waals surface area contributed by atoms with Crippen LogP contribution in [0.4, 0.5) is 10.1 Å². The number of hydrogen-bond acceptors (Lipinski definition) is 3. The summed E-state index contributed by atoms with van der Waals surface area (Å²) in [4.78, 5) is 22.1. The molecule has 0 aliphatic heterocycles. The van der Waals surface area contributed by atoms with Gasteiger partial charge in [0.2, 0.25) is 0 Å². The van der Waals surface area contributed by atoms with Gasteiger partial charge in [-0.05, 0) is 35.8 Å². The van der Waals surface area contributed by atoms with Gasteiger partial charge in [0.05, 0.1) is 0 Å². The molecule has 0 aliphatic carbocycles. The Morgan fingerprint density at radius 2 is 1.95 bits per heavy atom. The molecule has 1 aromatic rings. The number of rotatable bonds is 7. The minimum absolute atomic E-state index is 0.0542. The van der Waals surface area contributed by atoms with Gasteiger partial charge in [-0.1, -0.05) is 13.8 Å². The highest BCUT2D eigenvalue weighted by atomic mass is 19.1. The largest absolute Gasteiger partial charge is 0.362 e. The number of ketones is 1. The molecule has 0 saturated carbocycles. The lowest BCUT2D eigenvalue weighted by Gasteiger charge is -2.19. The van der Waals surface area contributed by atoms with E-state index >= 15 is 0 Å². The van der Waals surface area contributed by atoms with Crippen LogP contribution in [0.25, 0.3) is 0 Å². The Morgan fingerprint density at radius 1 is 1.32 bits per heavy atom. The topological polar surface area (TPSA) is 46.2 Å². The smallest absolute Gasteiger partial charge is 0.157 e. The van der Waals surface area contributed by atoms with Gasteiger partial charge in [-0.3, -0.25) is 4.79 Å². The Morgan fingerprint density at radius 3 is 2.53 bits per heavy atom. The van der Waals surface area contributed by atoms with Gasteiger partial charge in [0.1, 0.15) is 12.1 Å². The minimum Gasteiger partial charge on any atom is -0.362 e. The fourth-order valence-corrected chi connectivity index (χ4v) is 1.61. The average Bonchev–Trinajstić information content (AvgIpc) is 2.30. The van der Waals surface area contributed by atoms with Crippen LogP contribution in [0, 0.1) is 11.2 Å². The Hall–Kier alpha value is -1.97. The SMILES string of the molecule is CC(C)(CC=O)CC(=O)/C=C/Nc1ccc(F)cc1. The molecule has 0 fully saturated rings. The van der Waals surface area contributed by atoms with Crippen LogP contribution in [0.5, 0.6) is 0 Å². The predicted molar refractivity (Wildman–Crippen MR) is 73.2 cm³/mol. The summed E-state index contributed by atoms with van der Waals surface area (Å²) < 4.78 is 12.7. The van der Waals surface area contributed by atoms with Crippen molar-refractivity contribution < 1.29 is 14.0 Å². The molecule has 1 rings (SSSR count). The fraction of sp³-hybridized carbons (Fsp3) is 0.333. The third-order valence-corrected chi connectivity index (χ3v) is 2.65. The van der Waals surface area contributed by atoms with Gasteiger partial charge in [0.25, 0.3) is 0 Å². The molecule has 0 aromatic heterocycles. The quantitative estimate of drug-likeness (QED) is 0.606. The Kier molecular flexibility index (Phi) is 5.42. The van der Waals surface area contributed by atoms with Crippen molar-refractivity contribution in [2.45, 2.75) is 26.7 Å². The highest BCUT2D eigenvalue weighted by Crippen LogP contribution is 2.24. The lowest BCUT2D eigenvalue weighted by Crippen LogP contribution is -2.16. The van der Waals surface area contributed by atoms with Crippen molar-refractivity contribution in [1.82, 2.24) is 0 Å². The number of carbonyl (C=O) groups is 2. The molecule has 102 valence electrons. The normalized spacial score (nSPS) is 11.5. The molecular formula is C15H18FNO2. The van der Waals surface area contributed by atoms with Crippen LogP contribution in [-0.4, -0.2) is 12.1 Å². The molecule has 0 amide bonds. The second-order valence-electron chi connectivity index (χ2n) is 5.16. The summed E-state index contributed by atoms with van der Waals surface area (Å²) in [6.07, 6.45) is 4.45. The van der Waals surface area contributed by atoms with Crippen molar-refractivity contribution in [2.24, 2.45) is 5.41 Å². The maximum Gasteiger partial charge on any atom is 0.157 e. The summed E-state index contributed by atoms with van der Waals surface area (Å²) in [5, 5.41) is 2.88. The van der Waals surface area contributed by atoms with Gasteiger partial charge in [-0.2, -0.15) is 0 Å². The summed E-state index contributed by atoms with van der Waals surface area (Å²) in [6, 6.07) is 5.84. The van der Waals surface area contributed by atoms with E-state index in [1.807, 2.05) is 13.8 Å². The van der Waals surface area contributed by atoms with Gasteiger partial charge in [0.15, 0.2) is 5.78 Å². The third-order valence-electron chi connectivity index (χ3n) is 2.65. The van der Waals surface area contributed by atoms with Gasteiger partial charge in [0, 0.05) is 24.7 Å². The van der Waals surface area contributed by atoms with Crippen molar-refractivity contribution in [3.8, 4) is 0 Å². The van der Waals surface area contributed by atoms with Gasteiger partial charge < -0.3 is 10.1 Å². The molecular weight excluding hydrogens is 245 g/mol. The molecule has 19 heavy (non-hydrogen) atoms. The first kappa shape index (κ1) is 15.1. The predicted octanol–water partition coefficient (Wildman–Crippen LogP) is 3.33. The van der Waals surface area contributed by atoms with E-state index < -0.39 is 0 Å². The van der Waals surface area contributed by atoms with E-state index in [0.29, 0.717) is 18.5 Å². The van der Waals surface area contributed by atoms with E-state index in [0.717, 1.165) is 6.29 Å². The number of carbonyl (C=O) groups excluding carboxylic acids is 2. The van der Waals surface area contributed by atoms with E-state index in [1.165, 1.54) is 24.4 Å². The van der Waals surface area contributed by atoms with E-state index in [2.05, 4.69) is 5.32 Å². The number of allylic oxidation sites excluding steroid dienone is 1. The zero-order chi connectivity index (χ0) is 14.3. The number of halogens is 1. The molecule has 0 unspecified atom stereocenters. The van der Waals surface area contributed by atoms with E-state index in [-0.39, 0.29) is 17.0 Å². The van der Waals surface area contributed by atoms with Gasteiger partial charge in [-0.25, -0.2) is 4.39 Å². The third kappa shape index (κ3) is 5.95. The van der Waals surface area contributed by atoms with Crippen LogP contribution in [0.2, 0.25) is 0 Å². The lowest BCUT2D eigenvalue weighted by atomic mass is 9.84. The number of hydrogen-bond donors (Lipinski definition) is 1. The van der Waals surface area contributed by atoms with Crippen LogP contribution in [0.15, 0.2) is 36.5 Å². The summed E-state index contributed by atoms with van der Waals surface area (Å²) in [5.74, 6) is -0.359. The van der Waals surface area contributed by atoms with Crippen LogP contribution in [-0.2, 0) is 9.59 Å². The molecule has 0 radical (unpaired) electrons. The maximum absolute atomic E-state index is 12.7. The Bertz CT molecular complexity index is 464. The lowest BCUT2D eigenvalue weighted by molar-refractivity contribution is -0.117. The van der Waals surface area contributed by atoms with Crippen molar-refractivity contribution in [2.75, 3.05) is 5.32 Å². The Balaban J connectivity index is 2.46. The number of benzene rings is 1. The van der Waals surface area contributed by atoms with Gasteiger partial charge >= 0.3 is 0 Å². The molecule has 0 heterocycles. The zero-order valence-electron chi connectivity index (χ0n) is 11.2. The second-order valence-corrected chi connectivity index (χ2v) is 5.16. The first-order valence-corrected chi connectivity index (χ1v) is 6.08. The number of aldehydes is 1. The molecule has 3 nitrogen and oxygen atoms in total. The van der Waals surface area contributed by atoms with E-state index in [1.54, 1.807) is 12.1 Å². The minimum atomic E-state index is -0.320. The molecule has 1 N–H and O–H groups in total. The number of anilines is 1. The van der Waals surface area contributed by atoms with Crippen molar-refractivity contribution in [3.05, 3.63) is 42.4 Å². The highest BCUT2D eigenvalue weighted by molar-refractivity contribution is 5.90. The van der Waals surface area contributed by atoms with E-state index in [9.17, 15) is 14.0 Å². The number of nitrogens with one attached hydrogen (secondary N) is 1. The summed E-state index contributed by atoms with van der Waals surface area (Å²) in [6.45, 7) is 3.75. The van der Waals surface area contributed by atoms with Crippen molar-refractivity contribution in [3.63, 3.8) is 0 Å². The van der Waals surface area contributed by atoms with Crippen molar-refractivity contribution >= 4 is 17.8 Å². The molecule has 1 aromatic carbocycles. The maximum atomic E-state index is 12.7.